The maximum absolute atomic E-state index is 13.4. The zero-order valence-electron chi connectivity index (χ0n) is 17.3. The van der Waals surface area contributed by atoms with Crippen LogP contribution < -0.4 is 10.5 Å². The van der Waals surface area contributed by atoms with Crippen LogP contribution in [0, 0.1) is 28.4 Å². The predicted molar refractivity (Wildman–Crippen MR) is 117 cm³/mol. The zero-order valence-corrected chi connectivity index (χ0v) is 17.3. The van der Waals surface area contributed by atoms with E-state index in [0.29, 0.717) is 34.7 Å². The fraction of sp³-hybridized carbons (Fsp3) is 0.417. The number of hydrogen-bond acceptors (Lipinski definition) is 5. The smallest absolute Gasteiger partial charge is 0.230 e. The van der Waals surface area contributed by atoms with Gasteiger partial charge in [0.15, 0.2) is 5.69 Å². The maximum Gasteiger partial charge on any atom is 0.230 e. The van der Waals surface area contributed by atoms with Gasteiger partial charge in [0, 0.05) is 23.9 Å². The third-order valence-corrected chi connectivity index (χ3v) is 7.29. The van der Waals surface area contributed by atoms with Crippen LogP contribution in [0.25, 0.3) is 0 Å². The second-order valence-electron chi connectivity index (χ2n) is 9.51. The molecule has 0 radical (unpaired) electrons. The van der Waals surface area contributed by atoms with Crippen LogP contribution in [0.1, 0.15) is 44.1 Å². The molecule has 0 heterocycles. The lowest BCUT2D eigenvalue weighted by molar-refractivity contribution is -0.991. The quantitative estimate of drug-likeness (QED) is 0.335. The first-order valence-corrected chi connectivity index (χ1v) is 10.9. The van der Waals surface area contributed by atoms with Gasteiger partial charge in [-0.15, -0.1) is 0 Å². The number of aromatic hydroxyl groups is 1. The molecule has 0 aromatic heterocycles. The number of nitrogens with one attached hydrogen (secondary N) is 2. The van der Waals surface area contributed by atoms with E-state index in [1.165, 1.54) is 43.7 Å². The van der Waals surface area contributed by atoms with Gasteiger partial charge in [0.05, 0.1) is 16.8 Å². The number of quaternary nitrogens is 1. The summed E-state index contributed by atoms with van der Waals surface area (Å²) in [5, 5.41) is 32.5. The summed E-state index contributed by atoms with van der Waals surface area (Å²) in [6.07, 6.45) is 8.26. The van der Waals surface area contributed by atoms with E-state index in [9.17, 15) is 20.3 Å². The summed E-state index contributed by atoms with van der Waals surface area (Å²) in [5.74, 6) is 2.12. The third-order valence-electron chi connectivity index (χ3n) is 7.29. The summed E-state index contributed by atoms with van der Waals surface area (Å²) >= 11 is 0. The van der Waals surface area contributed by atoms with Gasteiger partial charge in [-0.3, -0.25) is 9.79 Å². The van der Waals surface area contributed by atoms with Crippen LogP contribution in [0.5, 0.6) is 5.75 Å². The van der Waals surface area contributed by atoms with Crippen LogP contribution in [-0.4, -0.2) is 22.4 Å². The van der Waals surface area contributed by atoms with E-state index in [0.717, 1.165) is 19.3 Å². The van der Waals surface area contributed by atoms with Gasteiger partial charge in [0.2, 0.25) is 5.91 Å². The van der Waals surface area contributed by atoms with Gasteiger partial charge >= 0.3 is 0 Å². The number of nitrogens with zero attached hydrogens (tertiary/aromatic N) is 1. The Bertz CT molecular complexity index is 998. The maximum atomic E-state index is 13.4. The first kappa shape index (κ1) is 20.2. The molecule has 31 heavy (non-hydrogen) atoms. The number of anilines is 1. The van der Waals surface area contributed by atoms with E-state index in [1.54, 1.807) is 6.07 Å². The highest BCUT2D eigenvalue weighted by Gasteiger charge is 2.54. The fourth-order valence-electron chi connectivity index (χ4n) is 6.27. The number of carbonyl (C=O) groups is 1. The molecule has 7 nitrogen and oxygen atoms in total. The van der Waals surface area contributed by atoms with Crippen molar-refractivity contribution in [1.82, 2.24) is 0 Å². The van der Waals surface area contributed by atoms with Crippen molar-refractivity contribution < 1.29 is 20.3 Å². The molecule has 4 aliphatic carbocycles. The number of benzene rings is 2. The molecule has 2 aromatic rings. The number of phenols is 1. The van der Waals surface area contributed by atoms with E-state index >= 15 is 0 Å². The summed E-state index contributed by atoms with van der Waals surface area (Å²) in [6.45, 7) is 0. The molecular formula is C24H27N3O4. The summed E-state index contributed by atoms with van der Waals surface area (Å²) in [4.78, 5) is 17.8. The van der Waals surface area contributed by atoms with Crippen molar-refractivity contribution in [3.05, 3.63) is 53.2 Å². The summed E-state index contributed by atoms with van der Waals surface area (Å²) < 4.78 is 0. The molecule has 1 atom stereocenters. The molecule has 6 rings (SSSR count). The highest BCUT2D eigenvalue weighted by molar-refractivity contribution is 5.98. The zero-order chi connectivity index (χ0) is 21.6. The molecule has 0 saturated heterocycles. The largest absolute Gasteiger partial charge is 0.595 e. The molecule has 4 saturated carbocycles. The third kappa shape index (κ3) is 3.84. The SMILES string of the molecule is O=C(Nc1ccccc1N=Cc1cc([NH+]([O-])O)ccc1O)C12CC3CC(CC(C3)C1)C2. The number of aliphatic imine (C=N–C) groups is 1. The van der Waals surface area contributed by atoms with Gasteiger partial charge in [0.1, 0.15) is 5.75 Å². The fourth-order valence-corrected chi connectivity index (χ4v) is 6.27. The van der Waals surface area contributed by atoms with Crippen LogP contribution in [0.4, 0.5) is 17.1 Å². The lowest BCUT2D eigenvalue weighted by Crippen LogP contribution is -2.99. The van der Waals surface area contributed by atoms with E-state index in [4.69, 9.17) is 0 Å². The Morgan fingerprint density at radius 2 is 1.74 bits per heavy atom. The van der Waals surface area contributed by atoms with Gasteiger partial charge in [-0.25, -0.2) is 5.21 Å². The summed E-state index contributed by atoms with van der Waals surface area (Å²) in [6, 6.07) is 11.4. The van der Waals surface area contributed by atoms with Crippen LogP contribution in [0.2, 0.25) is 0 Å². The Balaban J connectivity index is 1.37. The van der Waals surface area contributed by atoms with Gasteiger partial charge in [-0.2, -0.15) is 5.23 Å². The predicted octanol–water partition coefficient (Wildman–Crippen LogP) is 3.70. The molecule has 1 unspecified atom stereocenters. The Labute approximate surface area is 181 Å². The molecule has 162 valence electrons. The first-order chi connectivity index (χ1) is 14.9. The van der Waals surface area contributed by atoms with E-state index in [1.807, 2.05) is 18.2 Å². The van der Waals surface area contributed by atoms with Gasteiger partial charge < -0.3 is 15.6 Å². The van der Waals surface area contributed by atoms with Gasteiger partial charge in [-0.1, -0.05) is 12.1 Å². The monoisotopic (exact) mass is 421 g/mol. The average Bonchev–Trinajstić information content (AvgIpc) is 2.73. The highest BCUT2D eigenvalue weighted by Crippen LogP contribution is 2.60. The molecule has 4 fully saturated rings. The minimum Gasteiger partial charge on any atom is -0.595 e. The molecule has 7 heteroatoms. The molecule has 4 bridgehead atoms. The highest BCUT2D eigenvalue weighted by atomic mass is 16.8. The van der Waals surface area contributed by atoms with Gasteiger partial charge in [0.25, 0.3) is 0 Å². The van der Waals surface area contributed by atoms with Gasteiger partial charge in [-0.05, 0) is 74.5 Å². The number of hydrogen-bond donors (Lipinski definition) is 4. The lowest BCUT2D eigenvalue weighted by Gasteiger charge is -2.55. The lowest BCUT2D eigenvalue weighted by atomic mass is 9.49. The second-order valence-corrected chi connectivity index (χ2v) is 9.51. The Morgan fingerprint density at radius 3 is 2.39 bits per heavy atom. The van der Waals surface area contributed by atoms with Crippen LogP contribution in [0.15, 0.2) is 47.5 Å². The summed E-state index contributed by atoms with van der Waals surface area (Å²) in [7, 11) is 0. The Hall–Kier alpha value is -2.74. The van der Waals surface area contributed by atoms with Crippen molar-refractivity contribution in [2.75, 3.05) is 5.32 Å². The molecule has 4 aliphatic rings. The Morgan fingerprint density at radius 1 is 1.10 bits per heavy atom. The molecule has 0 aliphatic heterocycles. The molecule has 0 spiro atoms. The van der Waals surface area contributed by atoms with E-state index < -0.39 is 5.23 Å². The van der Waals surface area contributed by atoms with Crippen molar-refractivity contribution in [1.29, 1.82) is 0 Å². The molecular weight excluding hydrogens is 394 g/mol. The number of para-hydroxylation sites is 2. The van der Waals surface area contributed by atoms with Crippen molar-refractivity contribution in [3.63, 3.8) is 0 Å². The van der Waals surface area contributed by atoms with Crippen molar-refractivity contribution in [2.24, 2.45) is 28.2 Å². The van der Waals surface area contributed by atoms with Crippen LogP contribution in [0.3, 0.4) is 0 Å². The van der Waals surface area contributed by atoms with Crippen molar-refractivity contribution in [2.45, 2.75) is 38.5 Å². The standard InChI is InChI=1S/C24H27N3O4/c28-22-6-5-19(27(30)31)10-18(22)14-25-20-3-1-2-4-21(20)26-23(29)24-11-15-7-16(12-24)9-17(8-15)13-24/h1-6,10,14-17,27-28,30H,7-9,11-13H2,(H,26,29). The van der Waals surface area contributed by atoms with Crippen molar-refractivity contribution >= 4 is 29.2 Å². The van der Waals surface area contributed by atoms with Crippen molar-refractivity contribution in [3.8, 4) is 5.75 Å². The summed E-state index contributed by atoms with van der Waals surface area (Å²) in [5.41, 5.74) is 1.33. The average molecular weight is 421 g/mol. The molecule has 1 amide bonds. The van der Waals surface area contributed by atoms with Crippen LogP contribution in [-0.2, 0) is 4.79 Å². The Kier molecular flexibility index (Phi) is 5.04. The number of carbonyl (C=O) groups excluding carboxylic acids is 1. The minimum atomic E-state index is -1.07. The number of amides is 1. The number of phenolic OH excluding ortho intramolecular Hbond substituents is 1. The second kappa shape index (κ2) is 7.75. The van der Waals surface area contributed by atoms with E-state index in [-0.39, 0.29) is 22.8 Å². The first-order valence-electron chi connectivity index (χ1n) is 10.9. The molecule has 2 aromatic carbocycles. The van der Waals surface area contributed by atoms with E-state index in [2.05, 4.69) is 10.3 Å². The van der Waals surface area contributed by atoms with Crippen LogP contribution >= 0.6 is 0 Å². The number of rotatable bonds is 5. The minimum absolute atomic E-state index is 0.0520. The topological polar surface area (TPSA) is 109 Å². The molecule has 4 N–H and O–H groups in total. The normalized spacial score (nSPS) is 29.9.